The molecule has 7 heteroatoms. The fourth-order valence-corrected chi connectivity index (χ4v) is 1.83. The second-order valence-electron chi connectivity index (χ2n) is 3.54. The minimum atomic E-state index is -1.03. The highest BCUT2D eigenvalue weighted by Crippen LogP contribution is 2.24. The summed E-state index contributed by atoms with van der Waals surface area (Å²) in [5.41, 5.74) is 0.766. The smallest absolute Gasteiger partial charge is 0.335 e. The van der Waals surface area contributed by atoms with Gasteiger partial charge < -0.3 is 10.4 Å². The van der Waals surface area contributed by atoms with E-state index in [1.54, 1.807) is 0 Å². The van der Waals surface area contributed by atoms with Crippen LogP contribution >= 0.6 is 15.9 Å². The van der Waals surface area contributed by atoms with Crippen LogP contribution in [-0.2, 0) is 0 Å². The summed E-state index contributed by atoms with van der Waals surface area (Å²) >= 11 is 3.20. The fraction of sp³-hybridized carbons (Fsp3) is 0. The van der Waals surface area contributed by atoms with Gasteiger partial charge in [0, 0.05) is 16.9 Å². The number of carbonyl (C=O) groups is 2. The van der Waals surface area contributed by atoms with E-state index in [0.29, 0.717) is 10.2 Å². The zero-order valence-corrected chi connectivity index (χ0v) is 11.1. The van der Waals surface area contributed by atoms with Gasteiger partial charge in [-0.3, -0.25) is 9.78 Å². The first-order chi connectivity index (χ1) is 9.08. The zero-order chi connectivity index (χ0) is 13.8. The van der Waals surface area contributed by atoms with Crippen LogP contribution in [0.25, 0.3) is 0 Å². The van der Waals surface area contributed by atoms with Gasteiger partial charge in [0.25, 0.3) is 5.91 Å². The monoisotopic (exact) mass is 321 g/mol. The Bertz CT molecular complexity index is 631. The third-order valence-corrected chi connectivity index (χ3v) is 2.92. The van der Waals surface area contributed by atoms with E-state index in [2.05, 4.69) is 31.2 Å². The van der Waals surface area contributed by atoms with Crippen molar-refractivity contribution >= 4 is 33.5 Å². The molecule has 1 heterocycles. The maximum Gasteiger partial charge on any atom is 0.335 e. The van der Waals surface area contributed by atoms with E-state index >= 15 is 0 Å². The number of hydrogen-bond acceptors (Lipinski definition) is 4. The fourth-order valence-electron chi connectivity index (χ4n) is 1.35. The number of carboxylic acids is 1. The van der Waals surface area contributed by atoms with Gasteiger partial charge in [0.1, 0.15) is 5.69 Å². The molecule has 0 aliphatic heterocycles. The Morgan fingerprint density at radius 3 is 2.63 bits per heavy atom. The van der Waals surface area contributed by atoms with Gasteiger partial charge in [-0.1, -0.05) is 0 Å². The number of carbonyl (C=O) groups excluding carboxylic acids is 1. The molecule has 2 aromatic rings. The minimum absolute atomic E-state index is 0.129. The Balaban J connectivity index is 2.20. The highest BCUT2D eigenvalue weighted by Gasteiger charge is 2.11. The number of rotatable bonds is 3. The maximum absolute atomic E-state index is 11.8. The number of aromatic nitrogens is 2. The summed E-state index contributed by atoms with van der Waals surface area (Å²) in [5, 5.41) is 11.4. The second kappa shape index (κ2) is 5.57. The first-order valence-electron chi connectivity index (χ1n) is 5.18. The van der Waals surface area contributed by atoms with Gasteiger partial charge in [-0.15, -0.1) is 0 Å². The zero-order valence-electron chi connectivity index (χ0n) is 9.50. The van der Waals surface area contributed by atoms with E-state index in [4.69, 9.17) is 5.11 Å². The van der Waals surface area contributed by atoms with Crippen molar-refractivity contribution in [1.29, 1.82) is 0 Å². The van der Waals surface area contributed by atoms with Crippen LogP contribution < -0.4 is 5.32 Å². The van der Waals surface area contributed by atoms with Crippen LogP contribution in [0.3, 0.4) is 0 Å². The van der Waals surface area contributed by atoms with E-state index in [1.807, 2.05) is 0 Å². The van der Waals surface area contributed by atoms with Gasteiger partial charge in [0.2, 0.25) is 0 Å². The molecule has 1 aromatic heterocycles. The van der Waals surface area contributed by atoms with Gasteiger partial charge >= 0.3 is 5.97 Å². The summed E-state index contributed by atoms with van der Waals surface area (Å²) in [6, 6.07) is 4.32. The van der Waals surface area contributed by atoms with Gasteiger partial charge in [-0.05, 0) is 34.1 Å². The average molecular weight is 322 g/mol. The van der Waals surface area contributed by atoms with Gasteiger partial charge in [-0.25, -0.2) is 9.78 Å². The van der Waals surface area contributed by atoms with Crippen molar-refractivity contribution in [3.63, 3.8) is 0 Å². The van der Waals surface area contributed by atoms with Gasteiger partial charge in [-0.2, -0.15) is 0 Å². The number of nitrogens with zero attached hydrogens (tertiary/aromatic N) is 2. The van der Waals surface area contributed by atoms with Crippen LogP contribution in [0.2, 0.25) is 0 Å². The SMILES string of the molecule is O=C(O)c1ccc(NC(=O)c2cnccn2)c(Br)c1. The molecule has 0 radical (unpaired) electrons. The Labute approximate surface area is 116 Å². The largest absolute Gasteiger partial charge is 0.478 e. The Hall–Kier alpha value is -2.28. The summed E-state index contributed by atoms with van der Waals surface area (Å²) in [7, 11) is 0. The van der Waals surface area contributed by atoms with Crippen LogP contribution in [0.4, 0.5) is 5.69 Å². The molecule has 2 N–H and O–H groups in total. The van der Waals surface area contributed by atoms with E-state index in [1.165, 1.54) is 36.8 Å². The van der Waals surface area contributed by atoms with E-state index in [-0.39, 0.29) is 11.3 Å². The van der Waals surface area contributed by atoms with Crippen LogP contribution in [0.5, 0.6) is 0 Å². The molecular formula is C12H8BrN3O3. The molecule has 0 unspecified atom stereocenters. The number of carboxylic acid groups (broad SMARTS) is 1. The number of aromatic carboxylic acids is 1. The molecule has 0 saturated heterocycles. The molecule has 0 saturated carbocycles. The lowest BCUT2D eigenvalue weighted by Gasteiger charge is -2.07. The van der Waals surface area contributed by atoms with Crippen molar-refractivity contribution in [2.45, 2.75) is 0 Å². The maximum atomic E-state index is 11.8. The van der Waals surface area contributed by atoms with Crippen molar-refractivity contribution in [3.8, 4) is 0 Å². The van der Waals surface area contributed by atoms with Crippen LogP contribution in [-0.4, -0.2) is 27.0 Å². The Kier molecular flexibility index (Phi) is 3.86. The molecule has 0 atom stereocenters. The third-order valence-electron chi connectivity index (χ3n) is 2.26. The summed E-state index contributed by atoms with van der Waals surface area (Å²) < 4.78 is 0.477. The number of anilines is 1. The normalized spacial score (nSPS) is 9.95. The summed E-state index contributed by atoms with van der Waals surface area (Å²) in [6.07, 6.45) is 4.22. The van der Waals surface area contributed by atoms with Crippen molar-refractivity contribution in [3.05, 3.63) is 52.5 Å². The summed E-state index contributed by atoms with van der Waals surface area (Å²) in [5.74, 6) is -1.45. The van der Waals surface area contributed by atoms with Crippen LogP contribution in [0.1, 0.15) is 20.8 Å². The molecule has 1 amide bonds. The molecule has 19 heavy (non-hydrogen) atoms. The molecule has 0 aliphatic carbocycles. The lowest BCUT2D eigenvalue weighted by Crippen LogP contribution is -2.14. The lowest BCUT2D eigenvalue weighted by molar-refractivity contribution is 0.0696. The van der Waals surface area contributed by atoms with E-state index < -0.39 is 11.9 Å². The van der Waals surface area contributed by atoms with Crippen LogP contribution in [0, 0.1) is 0 Å². The average Bonchev–Trinajstić information content (AvgIpc) is 2.41. The van der Waals surface area contributed by atoms with Gasteiger partial charge in [0.05, 0.1) is 17.4 Å². The number of amides is 1. The van der Waals surface area contributed by atoms with Gasteiger partial charge in [0.15, 0.2) is 0 Å². The predicted octanol–water partition coefficient (Wildman–Crippen LogP) is 2.19. The Morgan fingerprint density at radius 1 is 1.26 bits per heavy atom. The highest BCUT2D eigenvalue weighted by atomic mass is 79.9. The molecule has 2 rings (SSSR count). The third kappa shape index (κ3) is 3.14. The summed E-state index contributed by atoms with van der Waals surface area (Å²) in [4.78, 5) is 30.3. The first-order valence-corrected chi connectivity index (χ1v) is 5.97. The molecule has 6 nitrogen and oxygen atoms in total. The standard InChI is InChI=1S/C12H8BrN3O3/c13-8-5-7(12(18)19)1-2-9(8)16-11(17)10-6-14-3-4-15-10/h1-6H,(H,16,17)(H,18,19). The number of halogens is 1. The predicted molar refractivity (Wildman–Crippen MR) is 71.1 cm³/mol. The molecule has 0 bridgehead atoms. The second-order valence-corrected chi connectivity index (χ2v) is 4.40. The molecule has 0 aliphatic rings. The number of benzene rings is 1. The van der Waals surface area contributed by atoms with Crippen molar-refractivity contribution in [2.75, 3.05) is 5.32 Å². The molecule has 1 aromatic carbocycles. The molecule has 0 spiro atoms. The van der Waals surface area contributed by atoms with Crippen LogP contribution in [0.15, 0.2) is 41.3 Å². The van der Waals surface area contributed by atoms with E-state index in [0.717, 1.165) is 0 Å². The molecule has 0 fully saturated rings. The van der Waals surface area contributed by atoms with Crippen molar-refractivity contribution < 1.29 is 14.7 Å². The van der Waals surface area contributed by atoms with Crippen molar-refractivity contribution in [2.24, 2.45) is 0 Å². The first kappa shape index (κ1) is 13.2. The number of nitrogens with one attached hydrogen (secondary N) is 1. The molecule has 96 valence electrons. The van der Waals surface area contributed by atoms with Crippen molar-refractivity contribution in [1.82, 2.24) is 9.97 Å². The number of hydrogen-bond donors (Lipinski definition) is 2. The molecular weight excluding hydrogens is 314 g/mol. The Morgan fingerprint density at radius 2 is 2.05 bits per heavy atom. The minimum Gasteiger partial charge on any atom is -0.478 e. The lowest BCUT2D eigenvalue weighted by atomic mass is 10.2. The topological polar surface area (TPSA) is 92.2 Å². The highest BCUT2D eigenvalue weighted by molar-refractivity contribution is 9.10. The van der Waals surface area contributed by atoms with E-state index in [9.17, 15) is 9.59 Å². The quantitative estimate of drug-likeness (QED) is 0.904. The summed E-state index contributed by atoms with van der Waals surface area (Å²) in [6.45, 7) is 0.